The van der Waals surface area contributed by atoms with E-state index >= 15 is 0 Å². The SMILES string of the molecule is CC(C(=O)N1CCN(CCO)CC1)(c1ccccc1)c1ccccc1. The molecule has 3 rings (SSSR count). The lowest BCUT2D eigenvalue weighted by atomic mass is 9.75. The number of β-amino-alcohol motifs (C(OH)–C–C–N with tert-alkyl or cyclic N) is 1. The van der Waals surface area contributed by atoms with E-state index in [1.165, 1.54) is 0 Å². The van der Waals surface area contributed by atoms with Crippen LogP contribution in [-0.2, 0) is 10.2 Å². The standard InChI is InChI=1S/C21H26N2O2/c1-21(18-8-4-2-5-9-18,19-10-6-3-7-11-19)20(25)23-14-12-22(13-15-23)16-17-24/h2-11,24H,12-17H2,1H3. The van der Waals surface area contributed by atoms with Gasteiger partial charge in [-0.15, -0.1) is 0 Å². The van der Waals surface area contributed by atoms with Crippen LogP contribution < -0.4 is 0 Å². The lowest BCUT2D eigenvalue weighted by Gasteiger charge is -2.40. The molecule has 0 spiro atoms. The number of carbonyl (C=O) groups is 1. The molecule has 0 unspecified atom stereocenters. The average molecular weight is 338 g/mol. The van der Waals surface area contributed by atoms with E-state index in [1.54, 1.807) is 0 Å². The molecule has 1 aliphatic heterocycles. The number of nitrogens with zero attached hydrogens (tertiary/aromatic N) is 2. The normalized spacial score (nSPS) is 16.0. The first-order valence-electron chi connectivity index (χ1n) is 8.90. The maximum absolute atomic E-state index is 13.5. The van der Waals surface area contributed by atoms with Gasteiger partial charge in [0.2, 0.25) is 5.91 Å². The molecule has 1 N–H and O–H groups in total. The second kappa shape index (κ2) is 7.81. The number of rotatable bonds is 5. The number of piperazine rings is 1. The predicted octanol–water partition coefficient (Wildman–Crippen LogP) is 2.13. The monoisotopic (exact) mass is 338 g/mol. The Hall–Kier alpha value is -2.17. The van der Waals surface area contributed by atoms with E-state index < -0.39 is 5.41 Å². The van der Waals surface area contributed by atoms with Gasteiger partial charge >= 0.3 is 0 Å². The lowest BCUT2D eigenvalue weighted by molar-refractivity contribution is -0.137. The van der Waals surface area contributed by atoms with Gasteiger partial charge in [-0.3, -0.25) is 9.69 Å². The summed E-state index contributed by atoms with van der Waals surface area (Å²) in [4.78, 5) is 17.7. The number of amides is 1. The molecule has 4 nitrogen and oxygen atoms in total. The first kappa shape index (κ1) is 17.6. The molecule has 25 heavy (non-hydrogen) atoms. The fourth-order valence-electron chi connectivity index (χ4n) is 3.59. The van der Waals surface area contributed by atoms with Crippen molar-refractivity contribution in [3.05, 3.63) is 71.8 Å². The largest absolute Gasteiger partial charge is 0.395 e. The van der Waals surface area contributed by atoms with Crippen molar-refractivity contribution in [1.82, 2.24) is 9.80 Å². The van der Waals surface area contributed by atoms with Gasteiger partial charge in [0.25, 0.3) is 0 Å². The van der Waals surface area contributed by atoms with Crippen LogP contribution in [0.5, 0.6) is 0 Å². The van der Waals surface area contributed by atoms with Crippen LogP contribution in [0.2, 0.25) is 0 Å². The summed E-state index contributed by atoms with van der Waals surface area (Å²) >= 11 is 0. The van der Waals surface area contributed by atoms with E-state index in [0.717, 1.165) is 24.2 Å². The lowest BCUT2D eigenvalue weighted by Crippen LogP contribution is -2.54. The summed E-state index contributed by atoms with van der Waals surface area (Å²) in [6.07, 6.45) is 0. The van der Waals surface area contributed by atoms with Gasteiger partial charge in [0.1, 0.15) is 0 Å². The highest BCUT2D eigenvalue weighted by molar-refractivity contribution is 5.91. The number of hydrogen-bond acceptors (Lipinski definition) is 3. The molecule has 0 aliphatic carbocycles. The maximum atomic E-state index is 13.5. The molecule has 1 heterocycles. The molecule has 1 saturated heterocycles. The Bertz CT molecular complexity index is 640. The number of benzene rings is 2. The highest BCUT2D eigenvalue weighted by atomic mass is 16.3. The third-order valence-corrected chi connectivity index (χ3v) is 5.21. The van der Waals surface area contributed by atoms with Crippen molar-refractivity contribution in [3.63, 3.8) is 0 Å². The minimum Gasteiger partial charge on any atom is -0.395 e. The highest BCUT2D eigenvalue weighted by Crippen LogP contribution is 2.34. The summed E-state index contributed by atoms with van der Waals surface area (Å²) in [5.41, 5.74) is 1.34. The van der Waals surface area contributed by atoms with Crippen LogP contribution in [-0.4, -0.2) is 60.1 Å². The number of hydrogen-bond donors (Lipinski definition) is 1. The van der Waals surface area contributed by atoms with Crippen LogP contribution >= 0.6 is 0 Å². The van der Waals surface area contributed by atoms with E-state index in [2.05, 4.69) is 4.90 Å². The van der Waals surface area contributed by atoms with Gasteiger partial charge in [0.15, 0.2) is 0 Å². The highest BCUT2D eigenvalue weighted by Gasteiger charge is 2.40. The van der Waals surface area contributed by atoms with Gasteiger partial charge in [0.05, 0.1) is 12.0 Å². The Morgan fingerprint density at radius 1 is 0.920 bits per heavy atom. The molecule has 4 heteroatoms. The van der Waals surface area contributed by atoms with Crippen LogP contribution in [0.3, 0.4) is 0 Å². The third kappa shape index (κ3) is 3.60. The Labute approximate surface area is 149 Å². The molecular formula is C21H26N2O2. The summed E-state index contributed by atoms with van der Waals surface area (Å²) in [5, 5.41) is 9.10. The summed E-state index contributed by atoms with van der Waals surface area (Å²) in [7, 11) is 0. The summed E-state index contributed by atoms with van der Waals surface area (Å²) in [6, 6.07) is 20.1. The Morgan fingerprint density at radius 2 is 1.40 bits per heavy atom. The smallest absolute Gasteiger partial charge is 0.237 e. The molecule has 2 aromatic rings. The molecule has 0 radical (unpaired) electrons. The van der Waals surface area contributed by atoms with E-state index in [-0.39, 0.29) is 12.5 Å². The van der Waals surface area contributed by atoms with E-state index in [9.17, 15) is 4.79 Å². The molecule has 0 atom stereocenters. The first-order chi connectivity index (χ1) is 12.2. The zero-order valence-electron chi connectivity index (χ0n) is 14.8. The molecule has 0 saturated carbocycles. The topological polar surface area (TPSA) is 43.8 Å². The summed E-state index contributed by atoms with van der Waals surface area (Å²) < 4.78 is 0. The van der Waals surface area contributed by atoms with E-state index in [0.29, 0.717) is 19.6 Å². The minimum atomic E-state index is -0.693. The molecule has 132 valence electrons. The van der Waals surface area contributed by atoms with Crippen LogP contribution in [0.4, 0.5) is 0 Å². The molecule has 0 aromatic heterocycles. The first-order valence-corrected chi connectivity index (χ1v) is 8.90. The summed E-state index contributed by atoms with van der Waals surface area (Å²) in [6.45, 7) is 5.90. The quantitative estimate of drug-likeness (QED) is 0.908. The van der Waals surface area contributed by atoms with Gasteiger partial charge < -0.3 is 10.0 Å². The molecular weight excluding hydrogens is 312 g/mol. The Balaban J connectivity index is 1.89. The predicted molar refractivity (Wildman–Crippen MR) is 99.4 cm³/mol. The van der Waals surface area contributed by atoms with Crippen molar-refractivity contribution in [3.8, 4) is 0 Å². The zero-order valence-corrected chi connectivity index (χ0v) is 14.8. The second-order valence-electron chi connectivity index (χ2n) is 6.71. The molecule has 0 bridgehead atoms. The van der Waals surface area contributed by atoms with Crippen molar-refractivity contribution >= 4 is 5.91 Å². The molecule has 1 aliphatic rings. The van der Waals surface area contributed by atoms with Crippen LogP contribution in [0.25, 0.3) is 0 Å². The van der Waals surface area contributed by atoms with Crippen molar-refractivity contribution in [2.24, 2.45) is 0 Å². The van der Waals surface area contributed by atoms with Gasteiger partial charge in [-0.25, -0.2) is 0 Å². The minimum absolute atomic E-state index is 0.147. The number of aliphatic hydroxyl groups excluding tert-OH is 1. The average Bonchev–Trinajstić information content (AvgIpc) is 2.69. The van der Waals surface area contributed by atoms with Crippen LogP contribution in [0.1, 0.15) is 18.1 Å². The van der Waals surface area contributed by atoms with E-state index in [4.69, 9.17) is 5.11 Å². The molecule has 1 amide bonds. The van der Waals surface area contributed by atoms with E-state index in [1.807, 2.05) is 72.5 Å². The van der Waals surface area contributed by atoms with Crippen molar-refractivity contribution < 1.29 is 9.90 Å². The third-order valence-electron chi connectivity index (χ3n) is 5.21. The van der Waals surface area contributed by atoms with Crippen molar-refractivity contribution in [1.29, 1.82) is 0 Å². The van der Waals surface area contributed by atoms with Crippen molar-refractivity contribution in [2.75, 3.05) is 39.3 Å². The van der Waals surface area contributed by atoms with Gasteiger partial charge in [0, 0.05) is 32.7 Å². The van der Waals surface area contributed by atoms with Gasteiger partial charge in [-0.1, -0.05) is 60.7 Å². The number of aliphatic hydroxyl groups is 1. The van der Waals surface area contributed by atoms with Crippen molar-refractivity contribution in [2.45, 2.75) is 12.3 Å². The number of carbonyl (C=O) groups excluding carboxylic acids is 1. The molecule has 1 fully saturated rings. The zero-order chi connectivity index (χ0) is 17.7. The fourth-order valence-corrected chi connectivity index (χ4v) is 3.59. The summed E-state index contributed by atoms with van der Waals surface area (Å²) in [5.74, 6) is 0.147. The second-order valence-corrected chi connectivity index (χ2v) is 6.71. The molecule has 2 aromatic carbocycles. The van der Waals surface area contributed by atoms with Gasteiger partial charge in [-0.2, -0.15) is 0 Å². The maximum Gasteiger partial charge on any atom is 0.237 e. The fraction of sp³-hybridized carbons (Fsp3) is 0.381. The van der Waals surface area contributed by atoms with Gasteiger partial charge in [-0.05, 0) is 18.1 Å². The van der Waals surface area contributed by atoms with Crippen LogP contribution in [0, 0.1) is 0 Å². The van der Waals surface area contributed by atoms with Crippen LogP contribution in [0.15, 0.2) is 60.7 Å². The Morgan fingerprint density at radius 3 is 1.84 bits per heavy atom. The Kier molecular flexibility index (Phi) is 5.51.